The van der Waals surface area contributed by atoms with Gasteiger partial charge in [0.15, 0.2) is 0 Å². The van der Waals surface area contributed by atoms with Crippen molar-refractivity contribution in [1.82, 2.24) is 35.5 Å². The first-order valence-electron chi connectivity index (χ1n) is 13.2. The summed E-state index contributed by atoms with van der Waals surface area (Å²) in [6, 6.07) is 4.21. The first-order valence-corrected chi connectivity index (χ1v) is 14.2. The molecule has 3 aromatic heterocycles. The van der Waals surface area contributed by atoms with Crippen LogP contribution in [-0.2, 0) is 11.4 Å². The molecule has 1 aliphatic rings. The first kappa shape index (κ1) is 28.6. The summed E-state index contributed by atoms with van der Waals surface area (Å²) in [5.74, 6) is -0.104. The lowest BCUT2D eigenvalue weighted by Gasteiger charge is -2.40. The van der Waals surface area contributed by atoms with Crippen LogP contribution in [0.4, 0.5) is 4.79 Å². The van der Waals surface area contributed by atoms with Crippen LogP contribution in [0, 0.1) is 13.8 Å². The lowest BCUT2D eigenvalue weighted by molar-refractivity contribution is 0.0565. The van der Waals surface area contributed by atoms with E-state index in [1.165, 1.54) is 13.4 Å². The predicted octanol–water partition coefficient (Wildman–Crippen LogP) is 3.96. The molecule has 0 spiro atoms. The van der Waals surface area contributed by atoms with Crippen molar-refractivity contribution in [3.05, 3.63) is 64.0 Å². The zero-order valence-corrected chi connectivity index (χ0v) is 23.8. The highest BCUT2D eigenvalue weighted by Gasteiger charge is 2.30. The van der Waals surface area contributed by atoms with E-state index in [0.717, 1.165) is 54.7 Å². The zero-order valence-electron chi connectivity index (χ0n) is 23.0. The number of thiophene rings is 1. The third-order valence-corrected chi connectivity index (χ3v) is 8.01. The number of amides is 3. The van der Waals surface area contributed by atoms with Crippen molar-refractivity contribution < 1.29 is 14.4 Å². The molecule has 0 aliphatic carbocycles. The second-order valence-corrected chi connectivity index (χ2v) is 10.7. The highest BCUT2D eigenvalue weighted by atomic mass is 32.1. The number of nitrogens with one attached hydrogen (secondary N) is 2. The number of carbonyl (C=O) groups is 2. The zero-order chi connectivity index (χ0) is 27.8. The van der Waals surface area contributed by atoms with Gasteiger partial charge in [0.05, 0.1) is 24.1 Å². The Kier molecular flexibility index (Phi) is 9.96. The summed E-state index contributed by atoms with van der Waals surface area (Å²) in [4.78, 5) is 47.6. The van der Waals surface area contributed by atoms with Crippen molar-refractivity contribution in [2.75, 3.05) is 26.7 Å². The molecule has 11 heteroatoms. The van der Waals surface area contributed by atoms with Gasteiger partial charge in [0.2, 0.25) is 0 Å². The maximum absolute atomic E-state index is 13.0. The topological polar surface area (TPSA) is 113 Å². The molecule has 0 bridgehead atoms. The third-order valence-electron chi connectivity index (χ3n) is 7.28. The molecule has 1 saturated heterocycles. The third kappa shape index (κ3) is 7.37. The summed E-state index contributed by atoms with van der Waals surface area (Å²) < 4.78 is 0. The molecule has 2 N–H and O–H groups in total. The number of carbonyl (C=O) groups excluding carboxylic acids is 2. The van der Waals surface area contributed by atoms with Gasteiger partial charge in [0.1, 0.15) is 6.33 Å². The Morgan fingerprint density at radius 1 is 1.23 bits per heavy atom. The smallest absolute Gasteiger partial charge is 0.341 e. The van der Waals surface area contributed by atoms with Crippen molar-refractivity contribution in [2.24, 2.45) is 0 Å². The van der Waals surface area contributed by atoms with Gasteiger partial charge in [-0.05, 0) is 74.1 Å². The maximum atomic E-state index is 13.0. The Labute approximate surface area is 233 Å². The Balaban J connectivity index is 1.27. The monoisotopic (exact) mass is 551 g/mol. The minimum absolute atomic E-state index is 0.104. The van der Waals surface area contributed by atoms with Crippen LogP contribution in [0.15, 0.2) is 41.6 Å². The van der Waals surface area contributed by atoms with E-state index in [-0.39, 0.29) is 18.0 Å². The Hall–Kier alpha value is -3.41. The second-order valence-electron chi connectivity index (χ2n) is 9.94. The molecule has 0 radical (unpaired) electrons. The van der Waals surface area contributed by atoms with Crippen LogP contribution in [-0.4, -0.2) is 75.5 Å². The highest BCUT2D eigenvalue weighted by Crippen LogP contribution is 2.23. The molecule has 208 valence electrons. The summed E-state index contributed by atoms with van der Waals surface area (Å²) in [6.45, 7) is 8.92. The van der Waals surface area contributed by atoms with E-state index in [2.05, 4.69) is 49.0 Å². The molecule has 39 heavy (non-hydrogen) atoms. The van der Waals surface area contributed by atoms with Gasteiger partial charge in [-0.3, -0.25) is 14.6 Å². The van der Waals surface area contributed by atoms with Gasteiger partial charge in [-0.1, -0.05) is 0 Å². The van der Waals surface area contributed by atoms with Crippen LogP contribution in [0.1, 0.15) is 53.4 Å². The number of aromatic nitrogens is 3. The highest BCUT2D eigenvalue weighted by molar-refractivity contribution is 7.07. The van der Waals surface area contributed by atoms with Crippen molar-refractivity contribution >= 4 is 23.3 Å². The van der Waals surface area contributed by atoms with Crippen molar-refractivity contribution in [3.63, 3.8) is 0 Å². The number of hydroxylamine groups is 1. The fourth-order valence-corrected chi connectivity index (χ4v) is 5.81. The minimum atomic E-state index is -0.205. The average molecular weight is 552 g/mol. The number of hydrogen-bond donors (Lipinski definition) is 2. The van der Waals surface area contributed by atoms with Gasteiger partial charge in [0.25, 0.3) is 5.91 Å². The summed E-state index contributed by atoms with van der Waals surface area (Å²) in [5.41, 5.74) is 7.37. The summed E-state index contributed by atoms with van der Waals surface area (Å²) in [6.07, 6.45) is 7.53. The lowest BCUT2D eigenvalue weighted by atomic mass is 10.0. The Morgan fingerprint density at radius 3 is 2.62 bits per heavy atom. The molecule has 3 aromatic rings. The quantitative estimate of drug-likeness (QED) is 0.367. The molecule has 3 amide bonds. The molecule has 1 fully saturated rings. The van der Waals surface area contributed by atoms with Gasteiger partial charge in [-0.15, -0.1) is 0 Å². The number of piperidine rings is 1. The van der Waals surface area contributed by atoms with Gasteiger partial charge >= 0.3 is 6.03 Å². The van der Waals surface area contributed by atoms with Crippen molar-refractivity contribution in [2.45, 2.75) is 58.7 Å². The van der Waals surface area contributed by atoms with Gasteiger partial charge in [-0.2, -0.15) is 11.3 Å². The van der Waals surface area contributed by atoms with E-state index in [4.69, 9.17) is 4.84 Å². The van der Waals surface area contributed by atoms with E-state index in [1.807, 2.05) is 30.2 Å². The van der Waals surface area contributed by atoms with E-state index in [0.29, 0.717) is 30.4 Å². The number of likely N-dealkylation sites (tertiary alicyclic amines) is 1. The molecule has 1 unspecified atom stereocenters. The summed E-state index contributed by atoms with van der Waals surface area (Å²) in [7, 11) is 1.46. The van der Waals surface area contributed by atoms with Gasteiger partial charge < -0.3 is 15.1 Å². The number of rotatable bonds is 10. The van der Waals surface area contributed by atoms with Crippen LogP contribution in [0.3, 0.4) is 0 Å². The minimum Gasteiger partial charge on any atom is -0.352 e. The molecule has 1 aliphatic heterocycles. The van der Waals surface area contributed by atoms with Crippen LogP contribution in [0.5, 0.6) is 0 Å². The average Bonchev–Trinajstić information content (AvgIpc) is 3.45. The van der Waals surface area contributed by atoms with Crippen LogP contribution in [0.25, 0.3) is 11.3 Å². The number of urea groups is 1. The first-order chi connectivity index (χ1) is 18.9. The van der Waals surface area contributed by atoms with Gasteiger partial charge in [-0.25, -0.2) is 20.2 Å². The lowest BCUT2D eigenvalue weighted by Crippen LogP contribution is -2.51. The molecule has 0 saturated carbocycles. The Bertz CT molecular complexity index is 1210. The van der Waals surface area contributed by atoms with E-state index < -0.39 is 0 Å². The molecular weight excluding hydrogens is 514 g/mol. The molecule has 4 heterocycles. The van der Waals surface area contributed by atoms with Gasteiger partial charge in [0, 0.05) is 56.2 Å². The largest absolute Gasteiger partial charge is 0.352 e. The predicted molar refractivity (Wildman–Crippen MR) is 151 cm³/mol. The van der Waals surface area contributed by atoms with Crippen LogP contribution >= 0.6 is 11.3 Å². The number of hydrogen-bond acceptors (Lipinski definition) is 8. The molecule has 0 aromatic carbocycles. The second kappa shape index (κ2) is 13.6. The summed E-state index contributed by atoms with van der Waals surface area (Å²) >= 11 is 1.63. The fourth-order valence-electron chi connectivity index (χ4n) is 5.15. The van der Waals surface area contributed by atoms with Crippen LogP contribution in [0.2, 0.25) is 0 Å². The van der Waals surface area contributed by atoms with E-state index in [1.54, 1.807) is 23.7 Å². The normalized spacial score (nSPS) is 15.1. The summed E-state index contributed by atoms with van der Waals surface area (Å²) in [5, 5.41) is 7.19. The number of pyridine rings is 1. The molecule has 4 rings (SSSR count). The fraction of sp³-hybridized carbons (Fsp3) is 0.464. The standard InChI is InChI=1S/C28H37N7O3S/c1-19-13-25(23-14-29-18-30-15-23)32-21(3)26(19)27(36)31-9-5-20(2)34-10-6-24(7-11-34)35(28(37)33-38-4)16-22-8-12-39-17-22/h8,12-15,17-18,20,24H,5-7,9-11,16H2,1-4H3,(H,31,36)(H,33,37). The SMILES string of the molecule is CONC(=O)N(Cc1ccsc1)C1CCN(C(C)CCNC(=O)c2c(C)cc(-c3cncnc3)nc2C)CC1. The van der Waals surface area contributed by atoms with E-state index in [9.17, 15) is 9.59 Å². The van der Waals surface area contributed by atoms with Crippen molar-refractivity contribution in [1.29, 1.82) is 0 Å². The van der Waals surface area contributed by atoms with Crippen LogP contribution < -0.4 is 10.8 Å². The van der Waals surface area contributed by atoms with E-state index >= 15 is 0 Å². The molecular formula is C28H37N7O3S. The Morgan fingerprint density at radius 2 is 1.97 bits per heavy atom. The number of nitrogens with zero attached hydrogens (tertiary/aromatic N) is 5. The van der Waals surface area contributed by atoms with Crippen molar-refractivity contribution in [3.8, 4) is 11.3 Å². The molecule has 1 atom stereocenters. The molecule has 10 nitrogen and oxygen atoms in total. The number of aryl methyl sites for hydroxylation is 2. The maximum Gasteiger partial charge on any atom is 0.341 e.